The summed E-state index contributed by atoms with van der Waals surface area (Å²) in [5.74, 6) is 0.0385. The topological polar surface area (TPSA) is 56.6 Å². The lowest BCUT2D eigenvalue weighted by Gasteiger charge is -2.14. The van der Waals surface area contributed by atoms with Crippen molar-refractivity contribution < 1.29 is 4.79 Å². The van der Waals surface area contributed by atoms with Crippen molar-refractivity contribution in [3.8, 4) is 6.07 Å². The van der Waals surface area contributed by atoms with Crippen LogP contribution in [0.5, 0.6) is 0 Å². The van der Waals surface area contributed by atoms with Crippen LogP contribution >= 0.6 is 0 Å². The van der Waals surface area contributed by atoms with E-state index in [1.54, 1.807) is 12.1 Å². The lowest BCUT2D eigenvalue weighted by atomic mass is 9.88. The summed E-state index contributed by atoms with van der Waals surface area (Å²) >= 11 is 0. The van der Waals surface area contributed by atoms with Gasteiger partial charge in [0.25, 0.3) is 0 Å². The molecular weight excluding hydrogens is 248 g/mol. The average Bonchev–Trinajstić information content (AvgIpc) is 2.85. The monoisotopic (exact) mass is 258 g/mol. The molecule has 2 aromatic carbocycles. The predicted octanol–water partition coefficient (Wildman–Crippen LogP) is 3.17. The van der Waals surface area contributed by atoms with Crippen LogP contribution < -0.4 is 0 Å². The molecule has 1 N–H and O–H groups in total. The number of fused-ring (bicyclic) bond motifs is 4. The number of hydrogen-bond acceptors (Lipinski definition) is 2. The van der Waals surface area contributed by atoms with Gasteiger partial charge < -0.3 is 4.98 Å². The number of nitrogens with one attached hydrogen (secondary N) is 1. The highest BCUT2D eigenvalue weighted by Crippen LogP contribution is 2.32. The Morgan fingerprint density at radius 1 is 1.15 bits per heavy atom. The third-order valence-electron chi connectivity index (χ3n) is 3.89. The number of carbonyl (C=O) groups is 1. The Labute approximate surface area is 115 Å². The minimum atomic E-state index is 0.0385. The fourth-order valence-electron chi connectivity index (χ4n) is 2.92. The van der Waals surface area contributed by atoms with E-state index in [2.05, 4.69) is 11.1 Å². The summed E-state index contributed by atoms with van der Waals surface area (Å²) < 4.78 is 0. The molecule has 94 valence electrons. The van der Waals surface area contributed by atoms with E-state index in [1.807, 2.05) is 30.3 Å². The van der Waals surface area contributed by atoms with Gasteiger partial charge in [0.15, 0.2) is 0 Å². The predicted molar refractivity (Wildman–Crippen MR) is 75.7 cm³/mol. The number of ketones is 1. The van der Waals surface area contributed by atoms with Crippen LogP contribution in [0.15, 0.2) is 42.5 Å². The van der Waals surface area contributed by atoms with Gasteiger partial charge in [0, 0.05) is 22.9 Å². The number of nitrogens with zero attached hydrogens (tertiary/aromatic N) is 1. The molecule has 3 aromatic rings. The van der Waals surface area contributed by atoms with E-state index in [1.165, 1.54) is 0 Å². The molecular formula is C17H10N2O. The van der Waals surface area contributed by atoms with Crippen molar-refractivity contribution in [1.82, 2.24) is 4.98 Å². The van der Waals surface area contributed by atoms with Gasteiger partial charge in [-0.15, -0.1) is 0 Å². The second-order valence-electron chi connectivity index (χ2n) is 5.01. The molecule has 1 heterocycles. The van der Waals surface area contributed by atoms with Crippen LogP contribution in [0.3, 0.4) is 0 Å². The van der Waals surface area contributed by atoms with E-state index in [-0.39, 0.29) is 5.78 Å². The van der Waals surface area contributed by atoms with Gasteiger partial charge in [-0.3, -0.25) is 4.79 Å². The van der Waals surface area contributed by atoms with Crippen molar-refractivity contribution in [2.24, 2.45) is 0 Å². The number of H-pyrrole nitrogens is 1. The van der Waals surface area contributed by atoms with E-state index in [4.69, 9.17) is 5.26 Å². The Hall–Kier alpha value is -2.86. The molecule has 0 amide bonds. The average molecular weight is 258 g/mol. The van der Waals surface area contributed by atoms with Crippen molar-refractivity contribution in [3.63, 3.8) is 0 Å². The molecule has 0 aliphatic heterocycles. The first kappa shape index (κ1) is 11.0. The van der Waals surface area contributed by atoms with E-state index in [0.717, 1.165) is 34.0 Å². The van der Waals surface area contributed by atoms with Gasteiger partial charge in [0.1, 0.15) is 0 Å². The molecule has 0 saturated carbocycles. The molecule has 3 nitrogen and oxygen atoms in total. The summed E-state index contributed by atoms with van der Waals surface area (Å²) in [6.07, 6.45) is 0.753. The van der Waals surface area contributed by atoms with E-state index < -0.39 is 0 Å². The Morgan fingerprint density at radius 3 is 2.85 bits per heavy atom. The Balaban J connectivity index is 2.01. The molecule has 0 bridgehead atoms. The first-order chi connectivity index (χ1) is 9.78. The number of aromatic amines is 1. The van der Waals surface area contributed by atoms with Crippen LogP contribution in [-0.2, 0) is 6.42 Å². The first-order valence-corrected chi connectivity index (χ1v) is 6.45. The number of nitriles is 1. The van der Waals surface area contributed by atoms with Crippen LogP contribution in [0.1, 0.15) is 32.7 Å². The van der Waals surface area contributed by atoms with Crippen LogP contribution in [0.2, 0.25) is 0 Å². The highest BCUT2D eigenvalue weighted by Gasteiger charge is 2.26. The number of carbonyl (C=O) groups excluding carboxylic acids is 1. The summed E-state index contributed by atoms with van der Waals surface area (Å²) in [6.45, 7) is 0. The van der Waals surface area contributed by atoms with Crippen LogP contribution in [0.25, 0.3) is 10.9 Å². The second-order valence-corrected chi connectivity index (χ2v) is 5.01. The van der Waals surface area contributed by atoms with Crippen molar-refractivity contribution >= 4 is 16.7 Å². The fraction of sp³-hybridized carbons (Fsp3) is 0.0588. The van der Waals surface area contributed by atoms with E-state index >= 15 is 0 Å². The summed E-state index contributed by atoms with van der Waals surface area (Å²) in [5, 5.41) is 9.99. The molecule has 20 heavy (non-hydrogen) atoms. The molecule has 1 aliphatic carbocycles. The van der Waals surface area contributed by atoms with Crippen molar-refractivity contribution in [3.05, 3.63) is 70.4 Å². The maximum absolute atomic E-state index is 12.5. The number of benzene rings is 2. The van der Waals surface area contributed by atoms with E-state index in [0.29, 0.717) is 11.3 Å². The third kappa shape index (κ3) is 1.36. The molecule has 4 rings (SSSR count). The normalized spacial score (nSPS) is 12.8. The zero-order valence-corrected chi connectivity index (χ0v) is 10.6. The van der Waals surface area contributed by atoms with Crippen LogP contribution in [0, 0.1) is 11.3 Å². The minimum absolute atomic E-state index is 0.0385. The molecule has 0 spiro atoms. The summed E-state index contributed by atoms with van der Waals surface area (Å²) in [6, 6.07) is 15.3. The summed E-state index contributed by atoms with van der Waals surface area (Å²) in [4.78, 5) is 15.7. The summed E-state index contributed by atoms with van der Waals surface area (Å²) in [5.41, 5.74) is 4.99. The largest absolute Gasteiger partial charge is 0.352 e. The van der Waals surface area contributed by atoms with Crippen molar-refractivity contribution in [2.45, 2.75) is 6.42 Å². The van der Waals surface area contributed by atoms with Gasteiger partial charge in [-0.1, -0.05) is 30.3 Å². The standard InChI is InChI=1S/C17H10N2O/c18-9-10-5-6-13-14-8-11-3-1-2-4-12(11)17(20)16(14)19-15(13)7-10/h1-7,19H,8H2. The molecule has 0 radical (unpaired) electrons. The Morgan fingerprint density at radius 2 is 2.00 bits per heavy atom. The van der Waals surface area contributed by atoms with Gasteiger partial charge >= 0.3 is 0 Å². The van der Waals surface area contributed by atoms with Crippen molar-refractivity contribution in [1.29, 1.82) is 5.26 Å². The van der Waals surface area contributed by atoms with Gasteiger partial charge in [0.2, 0.25) is 5.78 Å². The van der Waals surface area contributed by atoms with Crippen molar-refractivity contribution in [2.75, 3.05) is 0 Å². The lowest BCUT2D eigenvalue weighted by molar-refractivity contribution is 0.103. The minimum Gasteiger partial charge on any atom is -0.352 e. The highest BCUT2D eigenvalue weighted by molar-refractivity contribution is 6.14. The van der Waals surface area contributed by atoms with Gasteiger partial charge in [-0.2, -0.15) is 5.26 Å². The highest BCUT2D eigenvalue weighted by atomic mass is 16.1. The third-order valence-corrected chi connectivity index (χ3v) is 3.89. The Kier molecular flexibility index (Phi) is 2.10. The number of aromatic nitrogens is 1. The first-order valence-electron chi connectivity index (χ1n) is 6.45. The zero-order valence-electron chi connectivity index (χ0n) is 10.6. The molecule has 0 saturated heterocycles. The molecule has 0 atom stereocenters. The molecule has 1 aliphatic rings. The summed E-state index contributed by atoms with van der Waals surface area (Å²) in [7, 11) is 0. The van der Waals surface area contributed by atoms with Crippen LogP contribution in [0.4, 0.5) is 0 Å². The maximum atomic E-state index is 12.5. The second kappa shape index (κ2) is 3.82. The number of rotatable bonds is 0. The SMILES string of the molecule is N#Cc1ccc2c3c([nH]c2c1)C(=O)c1ccccc1C3. The Bertz CT molecular complexity index is 912. The van der Waals surface area contributed by atoms with Gasteiger partial charge in [0.05, 0.1) is 17.3 Å². The molecule has 0 unspecified atom stereocenters. The lowest BCUT2D eigenvalue weighted by Crippen LogP contribution is -2.14. The van der Waals surface area contributed by atoms with E-state index in [9.17, 15) is 4.79 Å². The molecule has 1 aromatic heterocycles. The molecule has 3 heteroatoms. The zero-order chi connectivity index (χ0) is 13.7. The number of hydrogen-bond donors (Lipinski definition) is 1. The smallest absolute Gasteiger partial charge is 0.209 e. The fourth-order valence-corrected chi connectivity index (χ4v) is 2.92. The van der Waals surface area contributed by atoms with Gasteiger partial charge in [-0.25, -0.2) is 0 Å². The quantitative estimate of drug-likeness (QED) is 0.526. The van der Waals surface area contributed by atoms with Crippen LogP contribution in [-0.4, -0.2) is 10.8 Å². The maximum Gasteiger partial charge on any atom is 0.209 e. The molecule has 0 fully saturated rings. The van der Waals surface area contributed by atoms with Gasteiger partial charge in [-0.05, 0) is 23.3 Å².